The number of rotatable bonds is 1. The summed E-state index contributed by atoms with van der Waals surface area (Å²) in [4.78, 5) is 15.2. The lowest BCUT2D eigenvalue weighted by Gasteiger charge is -2.24. The normalized spacial score (nSPS) is 23.4. The van der Waals surface area contributed by atoms with Gasteiger partial charge >= 0.3 is 0 Å². The van der Waals surface area contributed by atoms with E-state index in [2.05, 4.69) is 16.8 Å². The van der Waals surface area contributed by atoms with Crippen molar-refractivity contribution in [1.29, 1.82) is 0 Å². The molecule has 18 heavy (non-hydrogen) atoms. The predicted molar refractivity (Wildman–Crippen MR) is 69.8 cm³/mol. The molecule has 0 aromatic heterocycles. The maximum Gasteiger partial charge on any atom is 0.269 e. The Morgan fingerprint density at radius 1 is 1.44 bits per heavy atom. The Balaban J connectivity index is 2.00. The fraction of sp³-hybridized carbons (Fsp3) is 0.538. The monoisotopic (exact) mass is 247 g/mol. The first-order valence-corrected chi connectivity index (χ1v) is 6.37. The number of nitro groups is 1. The molecule has 2 aliphatic heterocycles. The van der Waals surface area contributed by atoms with Crippen molar-refractivity contribution in [1.82, 2.24) is 4.90 Å². The lowest BCUT2D eigenvalue weighted by molar-refractivity contribution is -0.384. The minimum absolute atomic E-state index is 0.194. The zero-order valence-electron chi connectivity index (χ0n) is 10.5. The van der Waals surface area contributed by atoms with Gasteiger partial charge in [-0.05, 0) is 31.0 Å². The van der Waals surface area contributed by atoms with Crippen molar-refractivity contribution in [2.45, 2.75) is 25.4 Å². The highest BCUT2D eigenvalue weighted by molar-refractivity contribution is 5.58. The van der Waals surface area contributed by atoms with Crippen LogP contribution in [0.1, 0.15) is 18.4 Å². The smallest absolute Gasteiger partial charge is 0.269 e. The maximum absolute atomic E-state index is 10.9. The zero-order chi connectivity index (χ0) is 12.7. The predicted octanol–water partition coefficient (Wildman–Crippen LogP) is 2.01. The molecule has 0 aliphatic carbocycles. The van der Waals surface area contributed by atoms with Crippen LogP contribution >= 0.6 is 0 Å². The average molecular weight is 247 g/mol. The van der Waals surface area contributed by atoms with Crippen molar-refractivity contribution >= 4 is 11.4 Å². The molecule has 5 nitrogen and oxygen atoms in total. The molecular formula is C13H17N3O2. The van der Waals surface area contributed by atoms with E-state index in [4.69, 9.17) is 0 Å². The standard InChI is InChI=1S/C13H17N3O2/c1-14-9-12-3-2-6-15(12)8-10-7-11(16(17)18)4-5-13(10)14/h4-5,7,12H,2-3,6,8-9H2,1H3. The van der Waals surface area contributed by atoms with E-state index in [0.29, 0.717) is 6.04 Å². The van der Waals surface area contributed by atoms with Gasteiger partial charge in [-0.3, -0.25) is 15.0 Å². The van der Waals surface area contributed by atoms with Crippen LogP contribution in [0.3, 0.4) is 0 Å². The lowest BCUT2D eigenvalue weighted by atomic mass is 10.1. The second-order valence-corrected chi connectivity index (χ2v) is 5.22. The van der Waals surface area contributed by atoms with E-state index in [9.17, 15) is 10.1 Å². The summed E-state index contributed by atoms with van der Waals surface area (Å²) in [5.74, 6) is 0. The number of hydrogen-bond acceptors (Lipinski definition) is 4. The lowest BCUT2D eigenvalue weighted by Crippen LogP contribution is -2.35. The Hall–Kier alpha value is -1.62. The minimum atomic E-state index is -0.313. The summed E-state index contributed by atoms with van der Waals surface area (Å²) < 4.78 is 0. The molecular weight excluding hydrogens is 230 g/mol. The van der Waals surface area contributed by atoms with Crippen LogP contribution in [0.5, 0.6) is 0 Å². The van der Waals surface area contributed by atoms with E-state index >= 15 is 0 Å². The fourth-order valence-corrected chi connectivity index (χ4v) is 3.13. The van der Waals surface area contributed by atoms with Gasteiger partial charge in [0.1, 0.15) is 0 Å². The summed E-state index contributed by atoms with van der Waals surface area (Å²) in [7, 11) is 2.08. The number of benzene rings is 1. The van der Waals surface area contributed by atoms with Crippen molar-refractivity contribution in [2.24, 2.45) is 0 Å². The first-order valence-electron chi connectivity index (χ1n) is 6.37. The minimum Gasteiger partial charge on any atom is -0.373 e. The Morgan fingerprint density at radius 2 is 2.28 bits per heavy atom. The number of nitro benzene ring substituents is 1. The van der Waals surface area contributed by atoms with Crippen LogP contribution in [0.2, 0.25) is 0 Å². The molecule has 2 aliphatic rings. The van der Waals surface area contributed by atoms with E-state index in [1.807, 2.05) is 6.07 Å². The second kappa shape index (κ2) is 4.24. The highest BCUT2D eigenvalue weighted by atomic mass is 16.6. The highest BCUT2D eigenvalue weighted by Crippen LogP contribution is 2.32. The number of likely N-dealkylation sites (N-methyl/N-ethyl adjacent to an activating group) is 1. The molecule has 1 atom stereocenters. The van der Waals surface area contributed by atoms with Crippen LogP contribution in [-0.2, 0) is 6.54 Å². The summed E-state index contributed by atoms with van der Waals surface area (Å²) >= 11 is 0. The van der Waals surface area contributed by atoms with Gasteiger partial charge in [-0.1, -0.05) is 0 Å². The molecule has 1 fully saturated rings. The van der Waals surface area contributed by atoms with Gasteiger partial charge in [0.25, 0.3) is 5.69 Å². The summed E-state index contributed by atoms with van der Waals surface area (Å²) in [5.41, 5.74) is 2.41. The fourth-order valence-electron chi connectivity index (χ4n) is 3.13. The molecule has 5 heteroatoms. The van der Waals surface area contributed by atoms with Crippen LogP contribution in [0.4, 0.5) is 11.4 Å². The molecule has 0 N–H and O–H groups in total. The third-order valence-corrected chi connectivity index (χ3v) is 4.04. The topological polar surface area (TPSA) is 49.6 Å². The van der Waals surface area contributed by atoms with Crippen molar-refractivity contribution in [2.75, 3.05) is 25.0 Å². The SMILES string of the molecule is CN1CC2CCCN2Cc2cc([N+](=O)[O-])ccc21. The Morgan fingerprint density at radius 3 is 3.06 bits per heavy atom. The summed E-state index contributed by atoms with van der Waals surface area (Å²) in [6.45, 7) is 2.97. The third-order valence-electron chi connectivity index (χ3n) is 4.04. The highest BCUT2D eigenvalue weighted by Gasteiger charge is 2.30. The van der Waals surface area contributed by atoms with Gasteiger partial charge in [-0.2, -0.15) is 0 Å². The largest absolute Gasteiger partial charge is 0.373 e. The van der Waals surface area contributed by atoms with Gasteiger partial charge in [0.05, 0.1) is 4.92 Å². The molecule has 0 amide bonds. The maximum atomic E-state index is 10.9. The molecule has 0 saturated carbocycles. The van der Waals surface area contributed by atoms with Crippen LogP contribution < -0.4 is 4.90 Å². The molecule has 3 rings (SSSR count). The van der Waals surface area contributed by atoms with E-state index < -0.39 is 0 Å². The Kier molecular flexibility index (Phi) is 2.70. The van der Waals surface area contributed by atoms with Crippen molar-refractivity contribution in [3.63, 3.8) is 0 Å². The molecule has 1 aromatic carbocycles. The van der Waals surface area contributed by atoms with E-state index in [1.165, 1.54) is 12.8 Å². The molecule has 2 heterocycles. The number of fused-ring (bicyclic) bond motifs is 2. The number of non-ortho nitro benzene ring substituents is 1. The van der Waals surface area contributed by atoms with Gasteiger partial charge < -0.3 is 4.90 Å². The molecule has 1 unspecified atom stereocenters. The first-order chi connectivity index (χ1) is 8.65. The van der Waals surface area contributed by atoms with Crippen molar-refractivity contribution in [3.8, 4) is 0 Å². The van der Waals surface area contributed by atoms with E-state index in [-0.39, 0.29) is 10.6 Å². The number of nitrogens with zero attached hydrogens (tertiary/aromatic N) is 3. The van der Waals surface area contributed by atoms with Crippen LogP contribution in [0, 0.1) is 10.1 Å². The van der Waals surface area contributed by atoms with Gasteiger partial charge in [0.15, 0.2) is 0 Å². The zero-order valence-corrected chi connectivity index (χ0v) is 10.5. The second-order valence-electron chi connectivity index (χ2n) is 5.22. The van der Waals surface area contributed by atoms with Crippen LogP contribution in [0.25, 0.3) is 0 Å². The van der Waals surface area contributed by atoms with Crippen LogP contribution in [0.15, 0.2) is 18.2 Å². The van der Waals surface area contributed by atoms with Gasteiger partial charge in [0, 0.05) is 44.0 Å². The van der Waals surface area contributed by atoms with E-state index in [1.54, 1.807) is 12.1 Å². The van der Waals surface area contributed by atoms with Crippen LogP contribution in [-0.4, -0.2) is 36.0 Å². The van der Waals surface area contributed by atoms with Gasteiger partial charge in [-0.25, -0.2) is 0 Å². The van der Waals surface area contributed by atoms with Crippen molar-refractivity contribution < 1.29 is 4.92 Å². The molecule has 0 radical (unpaired) electrons. The summed E-state index contributed by atoms with van der Waals surface area (Å²) in [5, 5.41) is 10.9. The Labute approximate surface area is 106 Å². The summed E-state index contributed by atoms with van der Waals surface area (Å²) in [6, 6.07) is 5.81. The molecule has 1 aromatic rings. The molecule has 1 saturated heterocycles. The van der Waals surface area contributed by atoms with Gasteiger partial charge in [0.2, 0.25) is 0 Å². The third kappa shape index (κ3) is 1.84. The molecule has 0 spiro atoms. The Bertz CT molecular complexity index is 489. The number of anilines is 1. The molecule has 96 valence electrons. The first kappa shape index (κ1) is 11.5. The van der Waals surface area contributed by atoms with Crippen molar-refractivity contribution in [3.05, 3.63) is 33.9 Å². The quantitative estimate of drug-likeness (QED) is 0.562. The van der Waals surface area contributed by atoms with E-state index in [0.717, 1.165) is 30.9 Å². The average Bonchev–Trinajstić information content (AvgIpc) is 2.71. The molecule has 0 bridgehead atoms. The van der Waals surface area contributed by atoms with Gasteiger partial charge in [-0.15, -0.1) is 0 Å². The number of hydrogen-bond donors (Lipinski definition) is 0. The summed E-state index contributed by atoms with van der Waals surface area (Å²) in [6.07, 6.45) is 2.48.